The number of aromatic nitrogens is 2. The van der Waals surface area contributed by atoms with Gasteiger partial charge in [-0.15, -0.1) is 0 Å². The first-order valence-electron chi connectivity index (χ1n) is 10.8. The number of nitrogens with zero attached hydrogens (tertiary/aromatic N) is 3. The number of carbonyl (C=O) groups is 1. The maximum absolute atomic E-state index is 12.5. The van der Waals surface area contributed by atoms with Crippen LogP contribution >= 0.6 is 11.5 Å². The molecule has 0 atom stereocenters. The second-order valence-electron chi connectivity index (χ2n) is 7.33. The Morgan fingerprint density at radius 2 is 1.94 bits per heavy atom. The molecule has 0 saturated carbocycles. The van der Waals surface area contributed by atoms with E-state index in [9.17, 15) is 18.5 Å². The zero-order valence-corrected chi connectivity index (χ0v) is 21.5. The van der Waals surface area contributed by atoms with Gasteiger partial charge in [0.2, 0.25) is 15.0 Å². The highest BCUT2D eigenvalue weighted by molar-refractivity contribution is 7.91. The Labute approximate surface area is 213 Å². The number of carbonyl (C=O) groups excluding carboxylic acids is 1. The highest BCUT2D eigenvalue weighted by Crippen LogP contribution is 2.29. The minimum absolute atomic E-state index is 0.0256. The maximum atomic E-state index is 12.5. The normalized spacial score (nSPS) is 11.4. The van der Waals surface area contributed by atoms with Crippen LogP contribution < -0.4 is 19.5 Å². The van der Waals surface area contributed by atoms with Crippen LogP contribution in [0.3, 0.4) is 0 Å². The summed E-state index contributed by atoms with van der Waals surface area (Å²) in [5, 5.41) is 11.5. The van der Waals surface area contributed by atoms with E-state index >= 15 is 0 Å². The summed E-state index contributed by atoms with van der Waals surface area (Å²) in [5.41, 5.74) is 1.41. The van der Waals surface area contributed by atoms with Gasteiger partial charge in [-0.3, -0.25) is 10.1 Å². The van der Waals surface area contributed by atoms with Crippen LogP contribution in [0.1, 0.15) is 18.1 Å². The molecule has 2 aromatic carbocycles. The number of ether oxygens (including phenoxy) is 3. The minimum Gasteiger partial charge on any atom is -0.493 e. The Kier molecular flexibility index (Phi) is 8.99. The van der Waals surface area contributed by atoms with Crippen molar-refractivity contribution in [2.75, 3.05) is 31.4 Å². The fourth-order valence-electron chi connectivity index (χ4n) is 2.91. The molecule has 0 unspecified atom stereocenters. The molecule has 0 spiro atoms. The topological polar surface area (TPSA) is 140 Å². The van der Waals surface area contributed by atoms with Crippen molar-refractivity contribution in [1.29, 1.82) is 5.26 Å². The van der Waals surface area contributed by atoms with Crippen LogP contribution in [0.5, 0.6) is 17.2 Å². The fourth-order valence-corrected chi connectivity index (χ4v) is 4.49. The van der Waals surface area contributed by atoms with E-state index in [1.54, 1.807) is 18.2 Å². The smallest absolute Gasteiger partial charge is 0.268 e. The largest absolute Gasteiger partial charge is 0.493 e. The molecule has 12 heteroatoms. The summed E-state index contributed by atoms with van der Waals surface area (Å²) in [6.07, 6.45) is 1.37. The van der Waals surface area contributed by atoms with Gasteiger partial charge >= 0.3 is 0 Å². The first-order valence-corrected chi connectivity index (χ1v) is 13.2. The van der Waals surface area contributed by atoms with Gasteiger partial charge in [-0.25, -0.2) is 8.42 Å². The van der Waals surface area contributed by atoms with Crippen molar-refractivity contribution in [1.82, 2.24) is 9.36 Å². The number of nitriles is 1. The van der Waals surface area contributed by atoms with Gasteiger partial charge in [-0.2, -0.15) is 14.6 Å². The van der Waals surface area contributed by atoms with Crippen molar-refractivity contribution in [2.45, 2.75) is 19.0 Å². The van der Waals surface area contributed by atoms with E-state index < -0.39 is 15.7 Å². The predicted octanol–water partition coefficient (Wildman–Crippen LogP) is 3.65. The van der Waals surface area contributed by atoms with E-state index in [0.717, 1.165) is 11.3 Å². The second-order valence-corrected chi connectivity index (χ2v) is 10.3. The van der Waals surface area contributed by atoms with E-state index in [1.165, 1.54) is 20.1 Å². The number of methoxy groups -OCH3 is 1. The van der Waals surface area contributed by atoms with E-state index in [-0.39, 0.29) is 28.2 Å². The summed E-state index contributed by atoms with van der Waals surface area (Å²) in [4.78, 5) is 16.3. The fraction of sp³-hybridized carbons (Fsp3) is 0.250. The maximum Gasteiger partial charge on any atom is 0.268 e. The van der Waals surface area contributed by atoms with Gasteiger partial charge in [-0.05, 0) is 48.4 Å². The van der Waals surface area contributed by atoms with Crippen LogP contribution in [-0.4, -0.2) is 49.8 Å². The third-order valence-corrected chi connectivity index (χ3v) is 6.99. The van der Waals surface area contributed by atoms with E-state index in [0.29, 0.717) is 35.2 Å². The first kappa shape index (κ1) is 26.7. The molecule has 0 radical (unpaired) electrons. The standard InChI is InChI=1S/C24H24N4O6S2/c1-4-36(30,31)24-27-23(35-28-24)26-22(29)18(15-25)13-17-8-9-20(21(14-17)32-3)34-11-10-33-19-7-5-6-16(2)12-19/h5-9,12-14H,4,10-11H2,1-3H3,(H,26,27,28,29)/b18-13-. The summed E-state index contributed by atoms with van der Waals surface area (Å²) < 4.78 is 44.3. The Morgan fingerprint density at radius 3 is 2.64 bits per heavy atom. The van der Waals surface area contributed by atoms with Gasteiger partial charge in [-0.1, -0.05) is 25.1 Å². The Balaban J connectivity index is 1.65. The molecule has 3 rings (SSSR count). The highest BCUT2D eigenvalue weighted by atomic mass is 32.2. The second kappa shape index (κ2) is 12.1. The number of aryl methyl sites for hydroxylation is 1. The van der Waals surface area contributed by atoms with Gasteiger partial charge in [0.05, 0.1) is 12.9 Å². The molecule has 1 heterocycles. The van der Waals surface area contributed by atoms with Crippen LogP contribution in [0.2, 0.25) is 0 Å². The number of amides is 1. The van der Waals surface area contributed by atoms with Gasteiger partial charge in [0.1, 0.15) is 30.6 Å². The molecular formula is C24H24N4O6S2. The molecule has 36 heavy (non-hydrogen) atoms. The average Bonchev–Trinajstić information content (AvgIpc) is 3.35. The average molecular weight is 529 g/mol. The molecule has 0 aliphatic rings. The van der Waals surface area contributed by atoms with Crippen LogP contribution in [0, 0.1) is 18.3 Å². The quantitative estimate of drug-likeness (QED) is 0.224. The van der Waals surface area contributed by atoms with Crippen molar-refractivity contribution < 1.29 is 27.4 Å². The Hall–Kier alpha value is -3.95. The Morgan fingerprint density at radius 1 is 1.17 bits per heavy atom. The van der Waals surface area contributed by atoms with Crippen molar-refractivity contribution in [3.63, 3.8) is 0 Å². The molecule has 1 aromatic heterocycles. The molecule has 0 aliphatic heterocycles. The number of rotatable bonds is 11. The third kappa shape index (κ3) is 7.03. The number of hydrogen-bond donors (Lipinski definition) is 1. The van der Waals surface area contributed by atoms with Crippen molar-refractivity contribution in [2.24, 2.45) is 0 Å². The minimum atomic E-state index is -3.60. The predicted molar refractivity (Wildman–Crippen MR) is 135 cm³/mol. The summed E-state index contributed by atoms with van der Waals surface area (Å²) in [6, 6.07) is 14.5. The third-order valence-electron chi connectivity index (χ3n) is 4.75. The molecule has 1 N–H and O–H groups in total. The number of nitrogens with one attached hydrogen (secondary N) is 1. The van der Waals surface area contributed by atoms with Crippen molar-refractivity contribution in [3.05, 3.63) is 59.2 Å². The number of sulfone groups is 1. The molecule has 3 aromatic rings. The number of anilines is 1. The van der Waals surface area contributed by atoms with Gasteiger partial charge in [0, 0.05) is 11.5 Å². The lowest BCUT2D eigenvalue weighted by Gasteiger charge is -2.12. The van der Waals surface area contributed by atoms with Gasteiger partial charge in [0.25, 0.3) is 11.1 Å². The lowest BCUT2D eigenvalue weighted by atomic mass is 10.1. The van der Waals surface area contributed by atoms with Crippen LogP contribution in [0.15, 0.2) is 53.2 Å². The van der Waals surface area contributed by atoms with Crippen LogP contribution in [0.4, 0.5) is 5.13 Å². The van der Waals surface area contributed by atoms with Gasteiger partial charge < -0.3 is 14.2 Å². The molecular weight excluding hydrogens is 504 g/mol. The molecule has 10 nitrogen and oxygen atoms in total. The van der Waals surface area contributed by atoms with E-state index in [1.807, 2.05) is 37.3 Å². The van der Waals surface area contributed by atoms with Crippen LogP contribution in [0.25, 0.3) is 6.08 Å². The van der Waals surface area contributed by atoms with Gasteiger partial charge in [0.15, 0.2) is 11.5 Å². The summed E-state index contributed by atoms with van der Waals surface area (Å²) in [5.74, 6) is 0.730. The molecule has 188 valence electrons. The summed E-state index contributed by atoms with van der Waals surface area (Å²) in [6.45, 7) is 4.07. The molecule has 0 fully saturated rings. The Bertz CT molecular complexity index is 1410. The lowest BCUT2D eigenvalue weighted by molar-refractivity contribution is -0.112. The molecule has 1 amide bonds. The van der Waals surface area contributed by atoms with Crippen molar-refractivity contribution >= 4 is 38.5 Å². The SMILES string of the molecule is CCS(=O)(=O)c1nsc(NC(=O)/C(C#N)=C\c2ccc(OCCOc3cccc(C)c3)c(OC)c2)n1. The van der Waals surface area contributed by atoms with E-state index in [4.69, 9.17) is 14.2 Å². The zero-order chi connectivity index (χ0) is 26.1. The monoisotopic (exact) mass is 528 g/mol. The molecule has 0 bridgehead atoms. The molecule has 0 aliphatic carbocycles. The van der Waals surface area contributed by atoms with Crippen molar-refractivity contribution in [3.8, 4) is 23.3 Å². The zero-order valence-electron chi connectivity index (χ0n) is 19.8. The van der Waals surface area contributed by atoms with Crippen LogP contribution in [-0.2, 0) is 14.6 Å². The summed E-state index contributed by atoms with van der Waals surface area (Å²) in [7, 11) is -2.12. The lowest BCUT2D eigenvalue weighted by Crippen LogP contribution is -2.14. The molecule has 0 saturated heterocycles. The highest BCUT2D eigenvalue weighted by Gasteiger charge is 2.20. The van der Waals surface area contributed by atoms with E-state index in [2.05, 4.69) is 14.7 Å². The first-order chi connectivity index (χ1) is 17.2. The number of benzene rings is 2. The summed E-state index contributed by atoms with van der Waals surface area (Å²) >= 11 is 0.715. The number of hydrogen-bond acceptors (Lipinski definition) is 10.